The van der Waals surface area contributed by atoms with Crippen molar-refractivity contribution >= 4 is 21.8 Å². The molecule has 3 heterocycles. The van der Waals surface area contributed by atoms with Crippen molar-refractivity contribution in [2.24, 2.45) is 0 Å². The number of fused-ring (bicyclic) bond motifs is 3. The van der Waals surface area contributed by atoms with Gasteiger partial charge in [-0.3, -0.25) is 0 Å². The third-order valence-corrected chi connectivity index (χ3v) is 5.69. The summed E-state index contributed by atoms with van der Waals surface area (Å²) in [6, 6.07) is 35.1. The molecule has 0 unspecified atom stereocenters. The standard InChI is InChI=1S/C29H19N3O.Pt/c1-20-8-7-17-31-29(20)32-26-12-3-2-11-24(26)25-15-14-22(19-27(25)32)21-9-6-10-23(18-21)33-28-13-4-5-16-30-28;/h2-17H,1H3;/q-2;+2. The van der Waals surface area contributed by atoms with Crippen molar-refractivity contribution in [3.63, 3.8) is 0 Å². The second-order valence-electron chi connectivity index (χ2n) is 7.83. The fourth-order valence-corrected chi connectivity index (χ4v) is 4.17. The monoisotopic (exact) mass is 620 g/mol. The topological polar surface area (TPSA) is 39.9 Å². The van der Waals surface area contributed by atoms with E-state index in [-0.39, 0.29) is 21.1 Å². The molecule has 166 valence electrons. The van der Waals surface area contributed by atoms with Crippen LogP contribution >= 0.6 is 0 Å². The van der Waals surface area contributed by atoms with Crippen molar-refractivity contribution in [1.29, 1.82) is 0 Å². The maximum Gasteiger partial charge on any atom is 2.00 e. The molecule has 0 amide bonds. The number of pyridine rings is 2. The molecule has 34 heavy (non-hydrogen) atoms. The van der Waals surface area contributed by atoms with Gasteiger partial charge in [0.15, 0.2) is 0 Å². The zero-order valence-corrected chi connectivity index (χ0v) is 20.6. The van der Waals surface area contributed by atoms with Crippen LogP contribution in [0.2, 0.25) is 0 Å². The number of nitrogens with zero attached hydrogens (tertiary/aromatic N) is 3. The third-order valence-electron chi connectivity index (χ3n) is 5.69. The van der Waals surface area contributed by atoms with Gasteiger partial charge in [-0.1, -0.05) is 35.7 Å². The zero-order valence-electron chi connectivity index (χ0n) is 18.3. The van der Waals surface area contributed by atoms with E-state index in [1.807, 2.05) is 48.7 Å². The molecule has 0 N–H and O–H groups in total. The predicted octanol–water partition coefficient (Wildman–Crippen LogP) is 6.94. The SMILES string of the molecule is Cc1cccnc1-n1c2[c-]c(-c3[c-]c(Oc4ccccn4)ccc3)ccc2c2ccccc21.[Pt+2]. The van der Waals surface area contributed by atoms with E-state index in [0.29, 0.717) is 11.6 Å². The number of hydrogen-bond acceptors (Lipinski definition) is 3. The summed E-state index contributed by atoms with van der Waals surface area (Å²) in [6.07, 6.45) is 3.54. The fraction of sp³-hybridized carbons (Fsp3) is 0.0345. The molecule has 3 aromatic carbocycles. The minimum atomic E-state index is 0. The zero-order chi connectivity index (χ0) is 22.2. The molecular formula is C29H19N3OPt. The van der Waals surface area contributed by atoms with Gasteiger partial charge in [0.2, 0.25) is 5.88 Å². The number of benzene rings is 3. The minimum absolute atomic E-state index is 0. The van der Waals surface area contributed by atoms with Crippen LogP contribution in [-0.2, 0) is 21.1 Å². The molecule has 0 bridgehead atoms. The maximum atomic E-state index is 5.89. The van der Waals surface area contributed by atoms with Gasteiger partial charge < -0.3 is 9.30 Å². The van der Waals surface area contributed by atoms with E-state index in [0.717, 1.165) is 38.9 Å². The Balaban J connectivity index is 0.00000241. The van der Waals surface area contributed by atoms with Crippen LogP contribution in [0.4, 0.5) is 0 Å². The van der Waals surface area contributed by atoms with Crippen molar-refractivity contribution < 1.29 is 25.8 Å². The van der Waals surface area contributed by atoms with E-state index in [9.17, 15) is 0 Å². The Hall–Kier alpha value is -3.75. The summed E-state index contributed by atoms with van der Waals surface area (Å²) in [7, 11) is 0. The van der Waals surface area contributed by atoms with E-state index in [1.54, 1.807) is 6.20 Å². The van der Waals surface area contributed by atoms with Crippen LogP contribution in [0, 0.1) is 19.1 Å². The van der Waals surface area contributed by atoms with Crippen LogP contribution < -0.4 is 4.74 Å². The van der Waals surface area contributed by atoms with Crippen molar-refractivity contribution in [3.05, 3.63) is 115 Å². The first-order valence-corrected chi connectivity index (χ1v) is 10.8. The van der Waals surface area contributed by atoms with Gasteiger partial charge in [0.25, 0.3) is 0 Å². The van der Waals surface area contributed by atoms with Gasteiger partial charge in [-0.25, -0.2) is 21.1 Å². The summed E-state index contributed by atoms with van der Waals surface area (Å²) < 4.78 is 8.08. The molecule has 3 aromatic heterocycles. The summed E-state index contributed by atoms with van der Waals surface area (Å²) in [4.78, 5) is 8.93. The number of aromatic nitrogens is 3. The van der Waals surface area contributed by atoms with E-state index >= 15 is 0 Å². The number of rotatable bonds is 4. The Kier molecular flexibility index (Phi) is 6.00. The molecule has 0 atom stereocenters. The fourth-order valence-electron chi connectivity index (χ4n) is 4.17. The van der Waals surface area contributed by atoms with Crippen LogP contribution in [0.1, 0.15) is 5.56 Å². The Morgan fingerprint density at radius 2 is 1.53 bits per heavy atom. The van der Waals surface area contributed by atoms with E-state index < -0.39 is 0 Å². The minimum Gasteiger partial charge on any atom is -0.460 e. The summed E-state index contributed by atoms with van der Waals surface area (Å²) in [6.45, 7) is 2.08. The molecule has 0 aliphatic heterocycles. The summed E-state index contributed by atoms with van der Waals surface area (Å²) in [5.74, 6) is 2.06. The quantitative estimate of drug-likeness (QED) is 0.201. The summed E-state index contributed by atoms with van der Waals surface area (Å²) in [5.41, 5.74) is 5.04. The maximum absolute atomic E-state index is 5.89. The summed E-state index contributed by atoms with van der Waals surface area (Å²) in [5, 5.41) is 2.32. The molecular weight excluding hydrogens is 601 g/mol. The van der Waals surface area contributed by atoms with Crippen LogP contribution in [0.5, 0.6) is 11.6 Å². The van der Waals surface area contributed by atoms with Crippen LogP contribution in [0.25, 0.3) is 38.8 Å². The van der Waals surface area contributed by atoms with Crippen LogP contribution in [0.3, 0.4) is 0 Å². The average Bonchev–Trinajstić information content (AvgIpc) is 3.19. The van der Waals surface area contributed by atoms with Crippen molar-refractivity contribution in [3.8, 4) is 28.6 Å². The first kappa shape index (κ1) is 22.1. The molecule has 0 saturated carbocycles. The van der Waals surface area contributed by atoms with Crippen molar-refractivity contribution in [1.82, 2.24) is 14.5 Å². The molecule has 6 rings (SSSR count). The first-order valence-electron chi connectivity index (χ1n) is 10.8. The Morgan fingerprint density at radius 1 is 0.706 bits per heavy atom. The molecule has 4 nitrogen and oxygen atoms in total. The molecule has 0 aliphatic rings. The van der Waals surface area contributed by atoms with E-state index in [1.165, 1.54) is 5.39 Å². The molecule has 0 aliphatic carbocycles. The predicted molar refractivity (Wildman–Crippen MR) is 131 cm³/mol. The number of hydrogen-bond donors (Lipinski definition) is 0. The molecule has 0 saturated heterocycles. The molecule has 0 spiro atoms. The molecule has 0 radical (unpaired) electrons. The smallest absolute Gasteiger partial charge is 0.460 e. The van der Waals surface area contributed by atoms with Gasteiger partial charge in [0.05, 0.1) is 0 Å². The second kappa shape index (κ2) is 9.24. The van der Waals surface area contributed by atoms with E-state index in [2.05, 4.69) is 71.1 Å². The Morgan fingerprint density at radius 3 is 2.38 bits per heavy atom. The van der Waals surface area contributed by atoms with Gasteiger partial charge in [-0.2, -0.15) is 24.3 Å². The molecule has 6 aromatic rings. The number of para-hydroxylation sites is 1. The summed E-state index contributed by atoms with van der Waals surface area (Å²) >= 11 is 0. The Bertz CT molecular complexity index is 1610. The van der Waals surface area contributed by atoms with Gasteiger partial charge in [0.1, 0.15) is 5.82 Å². The number of aryl methyl sites for hydroxylation is 1. The Labute approximate surface area is 212 Å². The van der Waals surface area contributed by atoms with Crippen molar-refractivity contribution in [2.75, 3.05) is 0 Å². The van der Waals surface area contributed by atoms with Crippen LogP contribution in [0.15, 0.2) is 97.3 Å². The molecule has 0 fully saturated rings. The van der Waals surface area contributed by atoms with Crippen molar-refractivity contribution in [2.45, 2.75) is 6.92 Å². The van der Waals surface area contributed by atoms with Gasteiger partial charge >= 0.3 is 21.1 Å². The van der Waals surface area contributed by atoms with E-state index in [4.69, 9.17) is 9.72 Å². The second-order valence-corrected chi connectivity index (χ2v) is 7.83. The number of ether oxygens (including phenoxy) is 1. The average molecular weight is 621 g/mol. The van der Waals surface area contributed by atoms with Gasteiger partial charge in [-0.15, -0.1) is 18.2 Å². The van der Waals surface area contributed by atoms with Gasteiger partial charge in [0, 0.05) is 29.7 Å². The van der Waals surface area contributed by atoms with Crippen LogP contribution in [-0.4, -0.2) is 14.5 Å². The molecule has 5 heteroatoms. The largest absolute Gasteiger partial charge is 2.00 e. The first-order chi connectivity index (χ1) is 16.3. The normalized spacial score (nSPS) is 10.9. The van der Waals surface area contributed by atoms with Gasteiger partial charge in [-0.05, 0) is 41.6 Å². The third kappa shape index (κ3) is 3.91.